The molecule has 0 aliphatic carbocycles. The Morgan fingerprint density at radius 3 is 2.55 bits per heavy atom. The van der Waals surface area contributed by atoms with E-state index in [4.69, 9.17) is 9.52 Å². The summed E-state index contributed by atoms with van der Waals surface area (Å²) in [4.78, 5) is 22.6. The third-order valence-corrected chi connectivity index (χ3v) is 3.31. The van der Waals surface area contributed by atoms with Gasteiger partial charge in [-0.2, -0.15) is 0 Å². The molecule has 0 spiro atoms. The minimum Gasteiger partial charge on any atom is -0.481 e. The van der Waals surface area contributed by atoms with E-state index in [2.05, 4.69) is 5.32 Å². The van der Waals surface area contributed by atoms with Crippen LogP contribution in [-0.4, -0.2) is 23.0 Å². The normalized spacial score (nSPS) is 13.8. The van der Waals surface area contributed by atoms with Crippen molar-refractivity contribution in [1.82, 2.24) is 5.32 Å². The van der Waals surface area contributed by atoms with Crippen LogP contribution in [-0.2, 0) is 11.2 Å². The lowest BCUT2D eigenvalue weighted by Crippen LogP contribution is -2.32. The predicted molar refractivity (Wildman–Crippen MR) is 75.7 cm³/mol. The lowest BCUT2D eigenvalue weighted by molar-refractivity contribution is -0.141. The molecule has 0 saturated heterocycles. The third kappa shape index (κ3) is 5.07. The molecule has 0 radical (unpaired) electrons. The highest BCUT2D eigenvalue weighted by Gasteiger charge is 2.15. The van der Waals surface area contributed by atoms with E-state index in [0.717, 1.165) is 25.0 Å². The van der Waals surface area contributed by atoms with E-state index in [-0.39, 0.29) is 17.9 Å². The van der Waals surface area contributed by atoms with Crippen LogP contribution in [0.25, 0.3) is 0 Å². The summed E-state index contributed by atoms with van der Waals surface area (Å²) in [6.07, 6.45) is 2.91. The van der Waals surface area contributed by atoms with E-state index in [1.54, 1.807) is 19.1 Å². The molecule has 2 N–H and O–H groups in total. The lowest BCUT2D eigenvalue weighted by atomic mass is 10.0. The zero-order valence-corrected chi connectivity index (χ0v) is 12.3. The molecule has 1 heterocycles. The summed E-state index contributed by atoms with van der Waals surface area (Å²) in [5, 5.41) is 11.6. The molecule has 2 atom stereocenters. The largest absolute Gasteiger partial charge is 0.481 e. The van der Waals surface area contributed by atoms with Crippen LogP contribution in [0.5, 0.6) is 0 Å². The lowest BCUT2D eigenvalue weighted by Gasteiger charge is -2.13. The van der Waals surface area contributed by atoms with Gasteiger partial charge < -0.3 is 14.8 Å². The van der Waals surface area contributed by atoms with Crippen molar-refractivity contribution in [1.29, 1.82) is 0 Å². The maximum absolute atomic E-state index is 11.9. The van der Waals surface area contributed by atoms with Crippen LogP contribution < -0.4 is 5.32 Å². The maximum Gasteiger partial charge on any atom is 0.306 e. The second kappa shape index (κ2) is 7.72. The zero-order chi connectivity index (χ0) is 15.1. The van der Waals surface area contributed by atoms with Gasteiger partial charge in [0.05, 0.1) is 5.92 Å². The van der Waals surface area contributed by atoms with Gasteiger partial charge in [0.15, 0.2) is 5.76 Å². The average molecular weight is 281 g/mol. The molecule has 5 heteroatoms. The fourth-order valence-electron chi connectivity index (χ4n) is 1.91. The quantitative estimate of drug-likeness (QED) is 0.768. The minimum absolute atomic E-state index is 0.00123. The Kier molecular flexibility index (Phi) is 6.28. The number of carbonyl (C=O) groups excluding carboxylic acids is 1. The van der Waals surface area contributed by atoms with E-state index >= 15 is 0 Å². The number of hydrogen-bond donors (Lipinski definition) is 2. The van der Waals surface area contributed by atoms with E-state index in [0.29, 0.717) is 12.2 Å². The van der Waals surface area contributed by atoms with Gasteiger partial charge in [-0.15, -0.1) is 0 Å². The number of aliphatic carboxylic acids is 1. The molecular formula is C15H23NO4. The number of rotatable bonds is 8. The summed E-state index contributed by atoms with van der Waals surface area (Å²) in [6, 6.07) is 3.47. The van der Waals surface area contributed by atoms with Crippen molar-refractivity contribution in [3.63, 3.8) is 0 Å². The minimum atomic E-state index is -0.774. The molecule has 1 aromatic heterocycles. The van der Waals surface area contributed by atoms with Gasteiger partial charge in [-0.1, -0.05) is 20.3 Å². The number of carboxylic acid groups (broad SMARTS) is 1. The molecule has 2 unspecified atom stereocenters. The summed E-state index contributed by atoms with van der Waals surface area (Å²) in [7, 11) is 0. The smallest absolute Gasteiger partial charge is 0.306 e. The van der Waals surface area contributed by atoms with Crippen molar-refractivity contribution in [2.24, 2.45) is 5.92 Å². The van der Waals surface area contributed by atoms with Crippen molar-refractivity contribution in [3.05, 3.63) is 23.7 Å². The first-order valence-corrected chi connectivity index (χ1v) is 7.06. The van der Waals surface area contributed by atoms with E-state index in [1.807, 2.05) is 13.8 Å². The van der Waals surface area contributed by atoms with Crippen molar-refractivity contribution in [3.8, 4) is 0 Å². The molecule has 0 aliphatic heterocycles. The molecule has 0 saturated carbocycles. The number of amides is 1. The Labute approximate surface area is 119 Å². The highest BCUT2D eigenvalue weighted by atomic mass is 16.4. The molecule has 5 nitrogen and oxygen atoms in total. The van der Waals surface area contributed by atoms with Crippen LogP contribution in [0.2, 0.25) is 0 Å². The molecule has 1 amide bonds. The van der Waals surface area contributed by atoms with Gasteiger partial charge in [0.1, 0.15) is 5.76 Å². The molecule has 112 valence electrons. The fourth-order valence-corrected chi connectivity index (χ4v) is 1.91. The zero-order valence-electron chi connectivity index (χ0n) is 12.3. The van der Waals surface area contributed by atoms with E-state index < -0.39 is 5.97 Å². The van der Waals surface area contributed by atoms with Crippen LogP contribution in [0.3, 0.4) is 0 Å². The molecule has 0 aliphatic rings. The Morgan fingerprint density at radius 1 is 1.30 bits per heavy atom. The van der Waals surface area contributed by atoms with Crippen molar-refractivity contribution in [2.75, 3.05) is 0 Å². The SMILES string of the molecule is CCc1ccc(C(=O)NC(C)CCCC(C)C(=O)O)o1. The van der Waals surface area contributed by atoms with Gasteiger partial charge in [-0.05, 0) is 31.9 Å². The van der Waals surface area contributed by atoms with Crippen molar-refractivity contribution in [2.45, 2.75) is 52.5 Å². The first kappa shape index (κ1) is 16.3. The summed E-state index contributed by atoms with van der Waals surface area (Å²) < 4.78 is 5.38. The molecule has 1 rings (SSSR count). The van der Waals surface area contributed by atoms with Gasteiger partial charge in [0.2, 0.25) is 0 Å². The van der Waals surface area contributed by atoms with Crippen LogP contribution in [0.15, 0.2) is 16.5 Å². The standard InChI is InChI=1S/C15H23NO4/c1-4-12-8-9-13(20-12)14(17)16-11(3)7-5-6-10(2)15(18)19/h8-11H,4-7H2,1-3H3,(H,16,17)(H,18,19). The summed E-state index contributed by atoms with van der Waals surface area (Å²) in [5.41, 5.74) is 0. The van der Waals surface area contributed by atoms with Gasteiger partial charge >= 0.3 is 5.97 Å². The number of carboxylic acids is 1. The van der Waals surface area contributed by atoms with Crippen molar-refractivity contribution < 1.29 is 19.1 Å². The number of carbonyl (C=O) groups is 2. The summed E-state index contributed by atoms with van der Waals surface area (Å²) in [5.74, 6) is -0.214. The van der Waals surface area contributed by atoms with Crippen LogP contribution in [0.1, 0.15) is 56.3 Å². The average Bonchev–Trinajstić information content (AvgIpc) is 2.87. The number of aryl methyl sites for hydroxylation is 1. The molecule has 20 heavy (non-hydrogen) atoms. The monoisotopic (exact) mass is 281 g/mol. The Hall–Kier alpha value is -1.78. The van der Waals surface area contributed by atoms with Gasteiger partial charge in [0.25, 0.3) is 5.91 Å². The molecule has 0 fully saturated rings. The Bertz CT molecular complexity index is 452. The van der Waals surface area contributed by atoms with E-state index in [1.165, 1.54) is 0 Å². The number of furan rings is 1. The Morgan fingerprint density at radius 2 is 2.00 bits per heavy atom. The van der Waals surface area contributed by atoms with Gasteiger partial charge in [-0.3, -0.25) is 9.59 Å². The predicted octanol–water partition coefficient (Wildman–Crippen LogP) is 2.85. The maximum atomic E-state index is 11.9. The van der Waals surface area contributed by atoms with Crippen LogP contribution in [0.4, 0.5) is 0 Å². The number of hydrogen-bond acceptors (Lipinski definition) is 3. The second-order valence-corrected chi connectivity index (χ2v) is 5.16. The molecule has 0 aromatic carbocycles. The molecule has 1 aromatic rings. The summed E-state index contributed by atoms with van der Waals surface area (Å²) >= 11 is 0. The van der Waals surface area contributed by atoms with Gasteiger partial charge in [0, 0.05) is 12.5 Å². The van der Waals surface area contributed by atoms with E-state index in [9.17, 15) is 9.59 Å². The second-order valence-electron chi connectivity index (χ2n) is 5.16. The van der Waals surface area contributed by atoms with Gasteiger partial charge in [-0.25, -0.2) is 0 Å². The van der Waals surface area contributed by atoms with Crippen molar-refractivity contribution >= 4 is 11.9 Å². The highest BCUT2D eigenvalue weighted by Crippen LogP contribution is 2.11. The first-order chi connectivity index (χ1) is 9.43. The molecule has 0 bridgehead atoms. The number of nitrogens with one attached hydrogen (secondary N) is 1. The first-order valence-electron chi connectivity index (χ1n) is 7.06. The Balaban J connectivity index is 2.33. The molecular weight excluding hydrogens is 258 g/mol. The fraction of sp³-hybridized carbons (Fsp3) is 0.600. The highest BCUT2D eigenvalue weighted by molar-refractivity contribution is 5.91. The topological polar surface area (TPSA) is 79.5 Å². The van der Waals surface area contributed by atoms with Crippen LogP contribution in [0, 0.1) is 5.92 Å². The third-order valence-electron chi connectivity index (χ3n) is 3.31. The summed E-state index contributed by atoms with van der Waals surface area (Å²) in [6.45, 7) is 5.57. The van der Waals surface area contributed by atoms with Crippen LogP contribution >= 0.6 is 0 Å².